The van der Waals surface area contributed by atoms with Crippen molar-refractivity contribution in [2.45, 2.75) is 18.7 Å². The molecule has 0 atom stereocenters. The zero-order valence-corrected chi connectivity index (χ0v) is 20.2. The van der Waals surface area contributed by atoms with Crippen LogP contribution in [-0.2, 0) is 10.0 Å². The number of nitrogens with one attached hydrogen (secondary N) is 1. The number of rotatable bonds is 6. The molecule has 5 nitrogen and oxygen atoms in total. The van der Waals surface area contributed by atoms with E-state index in [0.717, 1.165) is 28.0 Å². The van der Waals surface area contributed by atoms with E-state index in [4.69, 9.17) is 0 Å². The number of anilines is 2. The van der Waals surface area contributed by atoms with Crippen LogP contribution in [0.2, 0.25) is 0 Å². The lowest BCUT2D eigenvalue weighted by Crippen LogP contribution is -2.28. The number of thiophene rings is 1. The van der Waals surface area contributed by atoms with Crippen LogP contribution < -0.4 is 9.62 Å². The SMILES string of the molecule is Cc1cc(C)cc(NC(=O)c2scc(-c3ccccc3)c2S(=O)(=O)N(C)c2ccccc2)c1. The van der Waals surface area contributed by atoms with Crippen molar-refractivity contribution in [1.82, 2.24) is 0 Å². The number of nitrogens with zero attached hydrogens (tertiary/aromatic N) is 1. The number of carbonyl (C=O) groups excluding carboxylic acids is 1. The average molecular weight is 477 g/mol. The molecule has 7 heteroatoms. The van der Waals surface area contributed by atoms with Crippen molar-refractivity contribution in [2.75, 3.05) is 16.7 Å². The smallest absolute Gasteiger partial charge is 0.267 e. The van der Waals surface area contributed by atoms with Gasteiger partial charge in [0.2, 0.25) is 0 Å². The van der Waals surface area contributed by atoms with Crippen LogP contribution in [0.1, 0.15) is 20.8 Å². The standard InChI is InChI=1S/C26H24N2O3S2/c1-18-14-19(2)16-21(15-18)27-26(29)24-25(23(17-32-24)20-10-6-4-7-11-20)33(30,31)28(3)22-12-8-5-9-13-22/h4-17H,1-3H3,(H,27,29). The topological polar surface area (TPSA) is 66.5 Å². The quantitative estimate of drug-likeness (QED) is 0.365. The first-order chi connectivity index (χ1) is 15.8. The summed E-state index contributed by atoms with van der Waals surface area (Å²) in [4.78, 5) is 13.5. The number of amides is 1. The molecule has 0 aliphatic carbocycles. The molecule has 0 unspecified atom stereocenters. The van der Waals surface area contributed by atoms with Gasteiger partial charge in [-0.2, -0.15) is 0 Å². The third-order valence-corrected chi connectivity index (χ3v) is 8.23. The van der Waals surface area contributed by atoms with E-state index < -0.39 is 15.9 Å². The Morgan fingerprint density at radius 2 is 1.45 bits per heavy atom. The van der Waals surface area contributed by atoms with Crippen molar-refractivity contribution in [3.8, 4) is 11.1 Å². The van der Waals surface area contributed by atoms with Crippen LogP contribution in [0, 0.1) is 13.8 Å². The summed E-state index contributed by atoms with van der Waals surface area (Å²) in [5.74, 6) is -0.452. The van der Waals surface area contributed by atoms with Crippen molar-refractivity contribution >= 4 is 38.6 Å². The molecule has 4 aromatic rings. The first kappa shape index (κ1) is 22.8. The van der Waals surface area contributed by atoms with Crippen molar-refractivity contribution < 1.29 is 13.2 Å². The van der Waals surface area contributed by atoms with E-state index in [2.05, 4.69) is 5.32 Å². The highest BCUT2D eigenvalue weighted by atomic mass is 32.2. The van der Waals surface area contributed by atoms with E-state index in [-0.39, 0.29) is 9.77 Å². The Morgan fingerprint density at radius 1 is 0.879 bits per heavy atom. The Labute approximate surface area is 198 Å². The molecule has 0 saturated carbocycles. The van der Waals surface area contributed by atoms with Crippen LogP contribution in [0.5, 0.6) is 0 Å². The molecule has 33 heavy (non-hydrogen) atoms. The number of carbonyl (C=O) groups is 1. The molecule has 0 bridgehead atoms. The second-order valence-corrected chi connectivity index (χ2v) is 10.6. The van der Waals surface area contributed by atoms with Gasteiger partial charge in [-0.15, -0.1) is 11.3 Å². The van der Waals surface area contributed by atoms with Gasteiger partial charge >= 0.3 is 0 Å². The highest BCUT2D eigenvalue weighted by Crippen LogP contribution is 2.38. The lowest BCUT2D eigenvalue weighted by molar-refractivity contribution is 0.102. The molecule has 1 heterocycles. The van der Waals surface area contributed by atoms with Crippen LogP contribution in [-0.4, -0.2) is 21.4 Å². The Balaban J connectivity index is 1.83. The summed E-state index contributed by atoms with van der Waals surface area (Å²) >= 11 is 1.13. The summed E-state index contributed by atoms with van der Waals surface area (Å²) in [6.07, 6.45) is 0. The predicted molar refractivity (Wildman–Crippen MR) is 136 cm³/mol. The summed E-state index contributed by atoms with van der Waals surface area (Å²) in [6.45, 7) is 3.90. The van der Waals surface area contributed by atoms with Gasteiger partial charge in [-0.05, 0) is 54.8 Å². The van der Waals surface area contributed by atoms with Crippen molar-refractivity contribution in [1.29, 1.82) is 0 Å². The van der Waals surface area contributed by atoms with E-state index in [1.165, 1.54) is 11.4 Å². The van der Waals surface area contributed by atoms with Crippen molar-refractivity contribution in [2.24, 2.45) is 0 Å². The van der Waals surface area contributed by atoms with Crippen LogP contribution in [0.25, 0.3) is 11.1 Å². The predicted octanol–water partition coefficient (Wildman–Crippen LogP) is 6.11. The fourth-order valence-electron chi connectivity index (χ4n) is 3.73. The molecular formula is C26H24N2O3S2. The second kappa shape index (κ2) is 9.21. The molecule has 0 aliphatic rings. The highest BCUT2D eigenvalue weighted by Gasteiger charge is 2.32. The number of hydrogen-bond donors (Lipinski definition) is 1. The van der Waals surface area contributed by atoms with E-state index >= 15 is 0 Å². The molecule has 0 fully saturated rings. The lowest BCUT2D eigenvalue weighted by Gasteiger charge is -2.21. The fourth-order valence-corrected chi connectivity index (χ4v) is 6.58. The summed E-state index contributed by atoms with van der Waals surface area (Å²) in [7, 11) is -2.53. The van der Waals surface area contributed by atoms with Gasteiger partial charge in [0.05, 0.1) is 5.69 Å². The molecule has 0 spiro atoms. The minimum atomic E-state index is -4.03. The van der Waals surface area contributed by atoms with Gasteiger partial charge in [0, 0.05) is 23.7 Å². The second-order valence-electron chi connectivity index (χ2n) is 7.81. The van der Waals surface area contributed by atoms with Gasteiger partial charge in [0.15, 0.2) is 0 Å². The minimum Gasteiger partial charge on any atom is -0.321 e. The molecule has 0 radical (unpaired) electrons. The molecule has 4 rings (SSSR count). The number of aryl methyl sites for hydroxylation is 2. The maximum absolute atomic E-state index is 13.8. The average Bonchev–Trinajstić information content (AvgIpc) is 3.25. The zero-order valence-electron chi connectivity index (χ0n) is 18.6. The van der Waals surface area contributed by atoms with Crippen LogP contribution in [0.4, 0.5) is 11.4 Å². The molecule has 168 valence electrons. The third kappa shape index (κ3) is 4.69. The summed E-state index contributed by atoms with van der Waals surface area (Å²) in [5.41, 5.74) is 4.42. The maximum atomic E-state index is 13.8. The monoisotopic (exact) mass is 476 g/mol. The molecule has 0 saturated heterocycles. The number of benzene rings is 3. The van der Waals surface area contributed by atoms with E-state index in [1.807, 2.05) is 68.4 Å². The Morgan fingerprint density at radius 3 is 2.06 bits per heavy atom. The number of para-hydroxylation sites is 1. The van der Waals surface area contributed by atoms with Crippen molar-refractivity contribution in [3.63, 3.8) is 0 Å². The van der Waals surface area contributed by atoms with Crippen LogP contribution in [0.15, 0.2) is 89.1 Å². The van der Waals surface area contributed by atoms with Gasteiger partial charge in [0.25, 0.3) is 15.9 Å². The highest BCUT2D eigenvalue weighted by molar-refractivity contribution is 7.93. The summed E-state index contributed by atoms with van der Waals surface area (Å²) < 4.78 is 28.9. The summed E-state index contributed by atoms with van der Waals surface area (Å²) in [5, 5.41) is 4.62. The van der Waals surface area contributed by atoms with Gasteiger partial charge in [-0.1, -0.05) is 54.6 Å². The van der Waals surface area contributed by atoms with Gasteiger partial charge < -0.3 is 5.32 Å². The number of hydrogen-bond acceptors (Lipinski definition) is 4. The first-order valence-electron chi connectivity index (χ1n) is 10.4. The van der Waals surface area contributed by atoms with Crippen molar-refractivity contribution in [3.05, 3.63) is 100 Å². The van der Waals surface area contributed by atoms with Gasteiger partial charge in [0.1, 0.15) is 9.77 Å². The maximum Gasteiger partial charge on any atom is 0.267 e. The molecule has 0 aliphatic heterocycles. The minimum absolute atomic E-state index is 0.00641. The Kier molecular flexibility index (Phi) is 6.35. The van der Waals surface area contributed by atoms with E-state index in [0.29, 0.717) is 16.9 Å². The zero-order chi connectivity index (χ0) is 23.6. The third-order valence-electron chi connectivity index (χ3n) is 5.25. The first-order valence-corrected chi connectivity index (χ1v) is 12.7. The Bertz CT molecular complexity index is 1380. The van der Waals surface area contributed by atoms with Crippen LogP contribution in [0.3, 0.4) is 0 Å². The Hall–Kier alpha value is -3.42. The van der Waals surface area contributed by atoms with E-state index in [1.54, 1.807) is 29.6 Å². The van der Waals surface area contributed by atoms with Gasteiger partial charge in [-0.25, -0.2) is 8.42 Å². The molecule has 1 N–H and O–H groups in total. The summed E-state index contributed by atoms with van der Waals surface area (Å²) in [6, 6.07) is 23.8. The normalized spacial score (nSPS) is 11.2. The molecule has 3 aromatic carbocycles. The molecule has 1 aromatic heterocycles. The number of sulfonamides is 1. The molecule has 1 amide bonds. The molecular weight excluding hydrogens is 452 g/mol. The van der Waals surface area contributed by atoms with Gasteiger partial charge in [-0.3, -0.25) is 9.10 Å². The lowest BCUT2D eigenvalue weighted by atomic mass is 10.1. The van der Waals surface area contributed by atoms with Crippen LogP contribution >= 0.6 is 11.3 Å². The fraction of sp³-hybridized carbons (Fsp3) is 0.115. The van der Waals surface area contributed by atoms with E-state index in [9.17, 15) is 13.2 Å². The largest absolute Gasteiger partial charge is 0.321 e.